The number of thiazole rings is 1. The zero-order chi connectivity index (χ0) is 20.2. The van der Waals surface area contributed by atoms with E-state index < -0.39 is 0 Å². The van der Waals surface area contributed by atoms with E-state index in [1.54, 1.807) is 37.6 Å². The van der Waals surface area contributed by atoms with Crippen molar-refractivity contribution in [1.29, 1.82) is 0 Å². The topological polar surface area (TPSA) is 64.4 Å². The number of rotatable bonds is 6. The Morgan fingerprint density at radius 2 is 2.10 bits per heavy atom. The Morgan fingerprint density at radius 3 is 2.90 bits per heavy atom. The van der Waals surface area contributed by atoms with Crippen molar-refractivity contribution in [3.05, 3.63) is 82.0 Å². The number of anilines is 1. The van der Waals surface area contributed by atoms with E-state index in [4.69, 9.17) is 20.8 Å². The monoisotopic (exact) mass is 424 g/mol. The number of methoxy groups -OCH3 is 1. The van der Waals surface area contributed by atoms with Crippen LogP contribution in [0.2, 0.25) is 5.02 Å². The largest absolute Gasteiger partial charge is 0.493 e. The number of aromatic nitrogens is 1. The zero-order valence-electron chi connectivity index (χ0n) is 15.5. The summed E-state index contributed by atoms with van der Waals surface area (Å²) in [5.41, 5.74) is 1.79. The van der Waals surface area contributed by atoms with Gasteiger partial charge in [0.15, 0.2) is 16.5 Å². The van der Waals surface area contributed by atoms with Gasteiger partial charge in [0.05, 0.1) is 7.11 Å². The number of benzene rings is 2. The number of amides is 1. The van der Waals surface area contributed by atoms with Crippen molar-refractivity contribution in [3.8, 4) is 5.75 Å². The molecule has 29 heavy (non-hydrogen) atoms. The van der Waals surface area contributed by atoms with E-state index in [-0.39, 0.29) is 5.91 Å². The van der Waals surface area contributed by atoms with Crippen LogP contribution in [0.3, 0.4) is 0 Å². The number of carbonyl (C=O) groups is 1. The van der Waals surface area contributed by atoms with Crippen molar-refractivity contribution in [2.75, 3.05) is 12.4 Å². The van der Waals surface area contributed by atoms with Crippen LogP contribution in [0, 0.1) is 0 Å². The molecule has 1 N–H and O–H groups in total. The summed E-state index contributed by atoms with van der Waals surface area (Å²) in [6, 6.07) is 15.4. The summed E-state index contributed by atoms with van der Waals surface area (Å²) < 4.78 is 11.0. The molecule has 1 amide bonds. The maximum Gasteiger partial charge on any atom is 0.250 e. The van der Waals surface area contributed by atoms with E-state index in [0.717, 1.165) is 16.7 Å². The number of halogens is 1. The first-order valence-corrected chi connectivity index (χ1v) is 10.0. The van der Waals surface area contributed by atoms with E-state index in [0.29, 0.717) is 27.2 Å². The first kappa shape index (κ1) is 19.2. The summed E-state index contributed by atoms with van der Waals surface area (Å²) in [5, 5.41) is 4.70. The highest BCUT2D eigenvalue weighted by atomic mass is 35.5. The lowest BCUT2D eigenvalue weighted by atomic mass is 10.1. The van der Waals surface area contributed by atoms with Gasteiger partial charge < -0.3 is 9.15 Å². The maximum atomic E-state index is 12.2. The van der Waals surface area contributed by atoms with Gasteiger partial charge in [-0.25, -0.2) is 4.98 Å². The summed E-state index contributed by atoms with van der Waals surface area (Å²) in [6.45, 7) is 0. The molecule has 4 rings (SSSR count). The van der Waals surface area contributed by atoms with Crippen molar-refractivity contribution in [2.24, 2.45) is 0 Å². The first-order chi connectivity index (χ1) is 14.1. The highest BCUT2D eigenvalue weighted by Crippen LogP contribution is 2.32. The van der Waals surface area contributed by atoms with Crippen LogP contribution >= 0.6 is 22.9 Å². The van der Waals surface area contributed by atoms with Crippen molar-refractivity contribution in [3.63, 3.8) is 0 Å². The number of nitrogens with zero attached hydrogens (tertiary/aromatic N) is 1. The van der Waals surface area contributed by atoms with Gasteiger partial charge in [-0.15, -0.1) is 11.3 Å². The molecule has 0 spiro atoms. The molecule has 4 aromatic rings. The van der Waals surface area contributed by atoms with Gasteiger partial charge in [0.1, 0.15) is 5.76 Å². The molecule has 0 saturated heterocycles. The van der Waals surface area contributed by atoms with Crippen LogP contribution in [-0.2, 0) is 11.2 Å². The predicted octanol–water partition coefficient (Wildman–Crippen LogP) is 5.79. The molecule has 0 aliphatic heterocycles. The third kappa shape index (κ3) is 4.67. The number of carbonyl (C=O) groups excluding carboxylic acids is 1. The Morgan fingerprint density at radius 1 is 1.28 bits per heavy atom. The van der Waals surface area contributed by atoms with Crippen molar-refractivity contribution >= 4 is 51.0 Å². The minimum atomic E-state index is -0.281. The van der Waals surface area contributed by atoms with Crippen LogP contribution < -0.4 is 10.1 Å². The van der Waals surface area contributed by atoms with Gasteiger partial charge in [0.2, 0.25) is 5.91 Å². The molecule has 0 aliphatic carbocycles. The average molecular weight is 425 g/mol. The molecule has 0 fully saturated rings. The second kappa shape index (κ2) is 8.51. The third-order valence-corrected chi connectivity index (χ3v) is 5.32. The smallest absolute Gasteiger partial charge is 0.250 e. The van der Waals surface area contributed by atoms with Crippen LogP contribution in [0.25, 0.3) is 17.0 Å². The van der Waals surface area contributed by atoms with Crippen molar-refractivity contribution in [1.82, 2.24) is 4.98 Å². The molecule has 7 heteroatoms. The lowest BCUT2D eigenvalue weighted by molar-refractivity contribution is -0.111. The molecule has 0 bridgehead atoms. The van der Waals surface area contributed by atoms with E-state index in [1.807, 2.05) is 18.2 Å². The average Bonchev–Trinajstić information content (AvgIpc) is 3.32. The van der Waals surface area contributed by atoms with E-state index in [9.17, 15) is 4.79 Å². The fourth-order valence-electron chi connectivity index (χ4n) is 2.89. The van der Waals surface area contributed by atoms with Gasteiger partial charge in [-0.3, -0.25) is 10.1 Å². The standard InChI is InChI=1S/C22H17ClN2O3S/c1-27-19-12-16(23)10-15-11-17(28-21(15)19)7-8-20(26)25-22-24-13-18(29-22)9-14-5-3-2-4-6-14/h2-8,10-13H,9H2,1H3,(H,24,25,26). The zero-order valence-corrected chi connectivity index (χ0v) is 17.1. The second-order valence-corrected chi connectivity index (χ2v) is 7.84. The summed E-state index contributed by atoms with van der Waals surface area (Å²) in [6.07, 6.45) is 5.57. The number of hydrogen-bond donors (Lipinski definition) is 1. The second-order valence-electron chi connectivity index (χ2n) is 6.29. The van der Waals surface area contributed by atoms with Gasteiger partial charge >= 0.3 is 0 Å². The number of hydrogen-bond acceptors (Lipinski definition) is 5. The summed E-state index contributed by atoms with van der Waals surface area (Å²) in [5.74, 6) is 0.793. The number of nitrogens with one attached hydrogen (secondary N) is 1. The Bertz CT molecular complexity index is 1180. The molecule has 2 heterocycles. The van der Waals surface area contributed by atoms with Crippen LogP contribution in [0.15, 0.2) is 65.2 Å². The van der Waals surface area contributed by atoms with Crippen molar-refractivity contribution in [2.45, 2.75) is 6.42 Å². The Kier molecular flexibility index (Phi) is 5.64. The van der Waals surface area contributed by atoms with Crippen LogP contribution in [0.5, 0.6) is 5.75 Å². The number of furan rings is 1. The predicted molar refractivity (Wildman–Crippen MR) is 117 cm³/mol. The fourth-order valence-corrected chi connectivity index (χ4v) is 3.95. The van der Waals surface area contributed by atoms with Gasteiger partial charge in [0, 0.05) is 40.0 Å². The maximum absolute atomic E-state index is 12.2. The first-order valence-electron chi connectivity index (χ1n) is 8.85. The molecule has 0 unspecified atom stereocenters. The normalized spacial score (nSPS) is 11.2. The molecule has 146 valence electrons. The summed E-state index contributed by atoms with van der Waals surface area (Å²) in [7, 11) is 1.55. The van der Waals surface area contributed by atoms with E-state index >= 15 is 0 Å². The van der Waals surface area contributed by atoms with Crippen LogP contribution in [0.1, 0.15) is 16.2 Å². The molecule has 0 atom stereocenters. The lowest BCUT2D eigenvalue weighted by Gasteiger charge is -2.00. The van der Waals surface area contributed by atoms with Gasteiger partial charge in [-0.1, -0.05) is 41.9 Å². The number of fused-ring (bicyclic) bond motifs is 1. The van der Waals surface area contributed by atoms with Crippen molar-refractivity contribution < 1.29 is 13.9 Å². The molecule has 0 aliphatic rings. The van der Waals surface area contributed by atoms with Gasteiger partial charge in [0.25, 0.3) is 0 Å². The Labute approximate surface area is 176 Å². The number of ether oxygens (including phenoxy) is 1. The molecule has 2 aromatic carbocycles. The Balaban J connectivity index is 1.42. The Hall–Kier alpha value is -3.09. The highest BCUT2D eigenvalue weighted by molar-refractivity contribution is 7.15. The summed E-state index contributed by atoms with van der Waals surface area (Å²) in [4.78, 5) is 17.6. The van der Waals surface area contributed by atoms with E-state index in [2.05, 4.69) is 22.4 Å². The quantitative estimate of drug-likeness (QED) is 0.397. The molecular formula is C22H17ClN2O3S. The molecule has 0 radical (unpaired) electrons. The van der Waals surface area contributed by atoms with E-state index in [1.165, 1.54) is 23.0 Å². The van der Waals surface area contributed by atoms with Gasteiger partial charge in [-0.05, 0) is 23.8 Å². The van der Waals surface area contributed by atoms with Crippen LogP contribution in [-0.4, -0.2) is 18.0 Å². The fraction of sp³-hybridized carbons (Fsp3) is 0.0909. The summed E-state index contributed by atoms with van der Waals surface area (Å²) >= 11 is 7.53. The SMILES string of the molecule is COc1cc(Cl)cc2cc(C=CC(=O)Nc3ncc(Cc4ccccc4)s3)oc12. The molecular weight excluding hydrogens is 408 g/mol. The highest BCUT2D eigenvalue weighted by Gasteiger charge is 2.10. The third-order valence-electron chi connectivity index (χ3n) is 4.19. The van der Waals surface area contributed by atoms with Gasteiger partial charge in [-0.2, -0.15) is 0 Å². The molecule has 5 nitrogen and oxygen atoms in total. The van der Waals surface area contributed by atoms with Crippen LogP contribution in [0.4, 0.5) is 5.13 Å². The molecule has 2 aromatic heterocycles. The minimum absolute atomic E-state index is 0.281. The molecule has 0 saturated carbocycles. The lowest BCUT2D eigenvalue weighted by Crippen LogP contribution is -2.06. The minimum Gasteiger partial charge on any atom is -0.493 e.